The third-order valence-electron chi connectivity index (χ3n) is 2.80. The smallest absolute Gasteiger partial charge is 0.316 e. The topological polar surface area (TPSA) is 26.0 Å². The van der Waals surface area contributed by atoms with Crippen molar-refractivity contribution in [2.45, 2.75) is 38.4 Å². The summed E-state index contributed by atoms with van der Waals surface area (Å²) in [4.78, 5) is 0. The van der Waals surface area contributed by atoms with Gasteiger partial charge in [0.05, 0.1) is 0 Å². The van der Waals surface area contributed by atoms with Crippen LogP contribution in [0.1, 0.15) is 43.4 Å². The Hall–Kier alpha value is -1.03. The molecule has 1 aromatic carbocycles. The van der Waals surface area contributed by atoms with E-state index in [0.717, 1.165) is 12.0 Å². The van der Waals surface area contributed by atoms with Crippen molar-refractivity contribution in [2.75, 3.05) is 0 Å². The van der Waals surface area contributed by atoms with E-state index >= 15 is 0 Å². The zero-order chi connectivity index (χ0) is 12.3. The molecule has 0 saturated carbocycles. The molecule has 2 N–H and O–H groups in total. The van der Waals surface area contributed by atoms with Gasteiger partial charge in [0.15, 0.2) is 0 Å². The summed E-state index contributed by atoms with van der Waals surface area (Å²) >= 11 is 0. The molecule has 0 aliphatic carbocycles. The lowest BCUT2D eigenvalue weighted by molar-refractivity contribution is -0.149. The molecular weight excluding hydrogens is 215 g/mol. The summed E-state index contributed by atoms with van der Waals surface area (Å²) in [7, 11) is 0. The molecule has 4 heteroatoms. The van der Waals surface area contributed by atoms with E-state index in [9.17, 15) is 13.2 Å². The summed E-state index contributed by atoms with van der Waals surface area (Å²) in [6, 6.07) is 4.54. The summed E-state index contributed by atoms with van der Waals surface area (Å²) < 4.78 is 37.3. The van der Waals surface area contributed by atoms with Crippen molar-refractivity contribution >= 4 is 0 Å². The molecule has 0 radical (unpaired) electrons. The molecule has 0 amide bonds. The Morgan fingerprint density at radius 2 is 1.81 bits per heavy atom. The highest BCUT2D eigenvalue weighted by molar-refractivity contribution is 5.28. The molecule has 0 heterocycles. The average Bonchev–Trinajstić information content (AvgIpc) is 2.26. The number of rotatable bonds is 3. The number of hydrogen-bond acceptors (Lipinski definition) is 1. The highest BCUT2D eigenvalue weighted by atomic mass is 19.4. The average molecular weight is 231 g/mol. The number of alkyl halides is 3. The van der Waals surface area contributed by atoms with Crippen molar-refractivity contribution in [1.82, 2.24) is 0 Å². The van der Waals surface area contributed by atoms with Crippen molar-refractivity contribution in [3.8, 4) is 0 Å². The third-order valence-corrected chi connectivity index (χ3v) is 2.80. The fourth-order valence-corrected chi connectivity index (χ4v) is 1.48. The standard InChI is InChI=1S/C12H16F3N/c1-3-8(2)9-5-4-6-10(7-9)11(16)12(13,14)15/h4-8,11H,3,16H2,1-2H3. The summed E-state index contributed by atoms with van der Waals surface area (Å²) in [6.07, 6.45) is -3.49. The zero-order valence-electron chi connectivity index (χ0n) is 9.38. The number of benzene rings is 1. The van der Waals surface area contributed by atoms with Crippen LogP contribution in [0.3, 0.4) is 0 Å². The summed E-state index contributed by atoms with van der Waals surface area (Å²) in [5.74, 6) is 0.250. The first-order valence-corrected chi connectivity index (χ1v) is 5.28. The Bertz CT molecular complexity index is 346. The molecule has 0 bridgehead atoms. The predicted octanol–water partition coefficient (Wildman–Crippen LogP) is 3.76. The van der Waals surface area contributed by atoms with Crippen LogP contribution >= 0.6 is 0 Å². The minimum Gasteiger partial charge on any atom is -0.316 e. The van der Waals surface area contributed by atoms with E-state index in [1.165, 1.54) is 6.07 Å². The van der Waals surface area contributed by atoms with Gasteiger partial charge in [0.25, 0.3) is 0 Å². The van der Waals surface area contributed by atoms with Gasteiger partial charge in [0.2, 0.25) is 0 Å². The maximum Gasteiger partial charge on any atom is 0.407 e. The number of hydrogen-bond donors (Lipinski definition) is 1. The van der Waals surface area contributed by atoms with Gasteiger partial charge in [-0.2, -0.15) is 13.2 Å². The van der Waals surface area contributed by atoms with Crippen molar-refractivity contribution in [1.29, 1.82) is 0 Å². The van der Waals surface area contributed by atoms with Crippen LogP contribution in [0, 0.1) is 0 Å². The second-order valence-electron chi connectivity index (χ2n) is 4.00. The van der Waals surface area contributed by atoms with Crippen molar-refractivity contribution in [3.63, 3.8) is 0 Å². The number of nitrogens with two attached hydrogens (primary N) is 1. The summed E-state index contributed by atoms with van der Waals surface area (Å²) in [5, 5.41) is 0. The Kier molecular flexibility index (Phi) is 3.97. The van der Waals surface area contributed by atoms with E-state index < -0.39 is 12.2 Å². The fourth-order valence-electron chi connectivity index (χ4n) is 1.48. The quantitative estimate of drug-likeness (QED) is 0.842. The molecule has 2 atom stereocenters. The SMILES string of the molecule is CCC(C)c1cccc(C(N)C(F)(F)F)c1. The van der Waals surface area contributed by atoms with Gasteiger partial charge in [0.1, 0.15) is 6.04 Å². The first-order valence-electron chi connectivity index (χ1n) is 5.28. The van der Waals surface area contributed by atoms with Crippen LogP contribution in [0.2, 0.25) is 0 Å². The van der Waals surface area contributed by atoms with Gasteiger partial charge in [-0.1, -0.05) is 38.1 Å². The van der Waals surface area contributed by atoms with Gasteiger partial charge in [-0.3, -0.25) is 0 Å². The van der Waals surface area contributed by atoms with Crippen molar-refractivity contribution < 1.29 is 13.2 Å². The van der Waals surface area contributed by atoms with E-state index in [-0.39, 0.29) is 11.5 Å². The summed E-state index contributed by atoms with van der Waals surface area (Å²) in [6.45, 7) is 3.99. The fraction of sp³-hybridized carbons (Fsp3) is 0.500. The molecule has 1 nitrogen and oxygen atoms in total. The maximum absolute atomic E-state index is 12.4. The second-order valence-corrected chi connectivity index (χ2v) is 4.00. The van der Waals surface area contributed by atoms with Crippen molar-refractivity contribution in [2.24, 2.45) is 5.73 Å². The van der Waals surface area contributed by atoms with Crippen LogP contribution < -0.4 is 5.73 Å². The van der Waals surface area contributed by atoms with Gasteiger partial charge >= 0.3 is 6.18 Å². The maximum atomic E-state index is 12.4. The lowest BCUT2D eigenvalue weighted by Crippen LogP contribution is -2.28. The lowest BCUT2D eigenvalue weighted by atomic mass is 9.95. The van der Waals surface area contributed by atoms with E-state index in [1.54, 1.807) is 12.1 Å². The van der Waals surface area contributed by atoms with Gasteiger partial charge in [-0.15, -0.1) is 0 Å². The molecule has 16 heavy (non-hydrogen) atoms. The highest BCUT2D eigenvalue weighted by Gasteiger charge is 2.37. The van der Waals surface area contributed by atoms with E-state index in [1.807, 2.05) is 19.9 Å². The Morgan fingerprint density at radius 3 is 2.31 bits per heavy atom. The first-order chi connectivity index (χ1) is 7.36. The molecule has 90 valence electrons. The minimum atomic E-state index is -4.38. The van der Waals surface area contributed by atoms with Crippen molar-refractivity contribution in [3.05, 3.63) is 35.4 Å². The number of halogens is 3. The molecule has 0 fully saturated rings. The van der Waals surface area contributed by atoms with Crippen LogP contribution in [0.15, 0.2) is 24.3 Å². The molecule has 0 aliphatic rings. The van der Waals surface area contributed by atoms with Gasteiger partial charge < -0.3 is 5.73 Å². The largest absolute Gasteiger partial charge is 0.407 e. The van der Waals surface area contributed by atoms with Crippen LogP contribution in [0.4, 0.5) is 13.2 Å². The van der Waals surface area contributed by atoms with E-state index in [0.29, 0.717) is 0 Å². The molecule has 0 aliphatic heterocycles. The molecule has 1 aromatic rings. The highest BCUT2D eigenvalue weighted by Crippen LogP contribution is 2.31. The van der Waals surface area contributed by atoms with Crippen LogP contribution in [0.5, 0.6) is 0 Å². The monoisotopic (exact) mass is 231 g/mol. The first kappa shape index (κ1) is 13.0. The Labute approximate surface area is 93.5 Å². The summed E-state index contributed by atoms with van der Waals surface area (Å²) in [5.41, 5.74) is 6.19. The van der Waals surface area contributed by atoms with Crippen LogP contribution in [0.25, 0.3) is 0 Å². The Morgan fingerprint density at radius 1 is 1.25 bits per heavy atom. The lowest BCUT2D eigenvalue weighted by Gasteiger charge is -2.18. The van der Waals surface area contributed by atoms with Gasteiger partial charge in [-0.25, -0.2) is 0 Å². The second kappa shape index (κ2) is 4.87. The molecule has 1 rings (SSSR count). The van der Waals surface area contributed by atoms with E-state index in [2.05, 4.69) is 0 Å². The molecule has 0 aromatic heterocycles. The predicted molar refractivity (Wildman–Crippen MR) is 58.1 cm³/mol. The van der Waals surface area contributed by atoms with Gasteiger partial charge in [0, 0.05) is 0 Å². The Balaban J connectivity index is 2.99. The normalized spacial score (nSPS) is 15.9. The zero-order valence-corrected chi connectivity index (χ0v) is 9.38. The molecule has 2 unspecified atom stereocenters. The van der Waals surface area contributed by atoms with Crippen LogP contribution in [-0.2, 0) is 0 Å². The third kappa shape index (κ3) is 2.98. The molecular formula is C12H16F3N. The molecule has 0 spiro atoms. The van der Waals surface area contributed by atoms with Crippen LogP contribution in [-0.4, -0.2) is 6.18 Å². The molecule has 0 saturated heterocycles. The van der Waals surface area contributed by atoms with Gasteiger partial charge in [-0.05, 0) is 23.5 Å². The minimum absolute atomic E-state index is 0.130. The van der Waals surface area contributed by atoms with E-state index in [4.69, 9.17) is 5.73 Å².